The van der Waals surface area contributed by atoms with Crippen molar-refractivity contribution in [2.45, 2.75) is 32.6 Å². The van der Waals surface area contributed by atoms with E-state index in [1.807, 2.05) is 0 Å². The van der Waals surface area contributed by atoms with E-state index in [9.17, 15) is 9.59 Å². The number of nitrogens with zero attached hydrogens (tertiary/aromatic N) is 3. The molecule has 0 bridgehead atoms. The van der Waals surface area contributed by atoms with Crippen molar-refractivity contribution in [3.63, 3.8) is 0 Å². The number of benzene rings is 1. The highest BCUT2D eigenvalue weighted by atomic mass is 16.1. The number of Topliss-reactive ketones (excluding diaryl/α,β-unsaturated/α-hetero) is 1. The van der Waals surface area contributed by atoms with Crippen LogP contribution in [0, 0.1) is 0 Å². The van der Waals surface area contributed by atoms with Crippen LogP contribution < -0.4 is 10.2 Å². The summed E-state index contributed by atoms with van der Waals surface area (Å²) in [4.78, 5) is 34.7. The minimum absolute atomic E-state index is 0.0405. The first-order valence-electron chi connectivity index (χ1n) is 8.63. The molecule has 1 aromatic carbocycles. The fourth-order valence-electron chi connectivity index (χ4n) is 2.89. The summed E-state index contributed by atoms with van der Waals surface area (Å²) in [6.07, 6.45) is 7.90. The van der Waals surface area contributed by atoms with Crippen LogP contribution in [0.5, 0.6) is 0 Å². The summed E-state index contributed by atoms with van der Waals surface area (Å²) in [6, 6.07) is 6.87. The van der Waals surface area contributed by atoms with Crippen molar-refractivity contribution < 1.29 is 9.59 Å². The monoisotopic (exact) mass is 338 g/mol. The zero-order chi connectivity index (χ0) is 17.6. The average molecular weight is 338 g/mol. The van der Waals surface area contributed by atoms with Gasteiger partial charge in [0, 0.05) is 36.7 Å². The SMILES string of the molecule is CC(=O)c1cccc(NC(=O)c2cnc(N3CCCCCC3)nc2)c1. The van der Waals surface area contributed by atoms with E-state index in [-0.39, 0.29) is 11.7 Å². The lowest BCUT2D eigenvalue weighted by molar-refractivity contribution is 0.101. The summed E-state index contributed by atoms with van der Waals surface area (Å²) in [7, 11) is 0. The van der Waals surface area contributed by atoms with Gasteiger partial charge in [-0.25, -0.2) is 9.97 Å². The van der Waals surface area contributed by atoms with Crippen LogP contribution in [-0.2, 0) is 0 Å². The van der Waals surface area contributed by atoms with E-state index in [4.69, 9.17) is 0 Å². The molecule has 6 nitrogen and oxygen atoms in total. The zero-order valence-electron chi connectivity index (χ0n) is 14.4. The molecule has 2 heterocycles. The van der Waals surface area contributed by atoms with Gasteiger partial charge in [-0.1, -0.05) is 25.0 Å². The van der Waals surface area contributed by atoms with Crippen molar-refractivity contribution >= 4 is 23.3 Å². The highest BCUT2D eigenvalue weighted by Gasteiger charge is 2.14. The molecule has 2 aromatic rings. The molecule has 0 saturated carbocycles. The lowest BCUT2D eigenvalue weighted by Gasteiger charge is -2.19. The van der Waals surface area contributed by atoms with E-state index in [0.717, 1.165) is 25.9 Å². The van der Waals surface area contributed by atoms with Crippen LogP contribution in [0.25, 0.3) is 0 Å². The van der Waals surface area contributed by atoms with Crippen molar-refractivity contribution in [3.8, 4) is 0 Å². The molecule has 1 amide bonds. The molecule has 6 heteroatoms. The number of aromatic nitrogens is 2. The van der Waals surface area contributed by atoms with Gasteiger partial charge >= 0.3 is 0 Å². The number of hydrogen-bond acceptors (Lipinski definition) is 5. The largest absolute Gasteiger partial charge is 0.341 e. The van der Waals surface area contributed by atoms with Crippen LogP contribution in [0.15, 0.2) is 36.7 Å². The van der Waals surface area contributed by atoms with Crippen molar-refractivity contribution in [1.82, 2.24) is 9.97 Å². The Hall–Kier alpha value is -2.76. The maximum absolute atomic E-state index is 12.3. The first kappa shape index (κ1) is 17.1. The molecule has 1 saturated heterocycles. The fourth-order valence-corrected chi connectivity index (χ4v) is 2.89. The summed E-state index contributed by atoms with van der Waals surface area (Å²) in [5, 5.41) is 2.78. The topological polar surface area (TPSA) is 75.2 Å². The van der Waals surface area contributed by atoms with Crippen molar-refractivity contribution in [3.05, 3.63) is 47.8 Å². The number of anilines is 2. The van der Waals surface area contributed by atoms with E-state index in [1.54, 1.807) is 36.7 Å². The maximum atomic E-state index is 12.3. The van der Waals surface area contributed by atoms with Gasteiger partial charge in [0.1, 0.15) is 0 Å². The Balaban J connectivity index is 1.68. The molecule has 0 atom stereocenters. The standard InChI is InChI=1S/C19H22N4O2/c1-14(24)15-7-6-8-17(11-15)22-18(25)16-12-20-19(21-13-16)23-9-4-2-3-5-10-23/h6-8,11-13H,2-5,9-10H2,1H3,(H,22,25). The highest BCUT2D eigenvalue weighted by molar-refractivity contribution is 6.04. The number of carbonyl (C=O) groups excluding carboxylic acids is 2. The normalized spacial score (nSPS) is 14.7. The van der Waals surface area contributed by atoms with Gasteiger partial charge in [-0.05, 0) is 31.9 Å². The predicted molar refractivity (Wildman–Crippen MR) is 97.1 cm³/mol. The van der Waals surface area contributed by atoms with E-state index < -0.39 is 0 Å². The number of rotatable bonds is 4. The number of amides is 1. The van der Waals surface area contributed by atoms with Crippen LogP contribution in [0.2, 0.25) is 0 Å². The Bertz CT molecular complexity index is 750. The summed E-state index contributed by atoms with van der Waals surface area (Å²) >= 11 is 0. The molecule has 1 fully saturated rings. The molecule has 1 aromatic heterocycles. The number of ketones is 1. The quantitative estimate of drug-likeness (QED) is 0.866. The molecule has 1 aliphatic rings. The Morgan fingerprint density at radius 1 is 1.00 bits per heavy atom. The Labute approximate surface area is 147 Å². The molecule has 130 valence electrons. The Morgan fingerprint density at radius 2 is 1.68 bits per heavy atom. The van der Waals surface area contributed by atoms with Gasteiger partial charge in [-0.15, -0.1) is 0 Å². The van der Waals surface area contributed by atoms with Gasteiger partial charge in [-0.2, -0.15) is 0 Å². The Morgan fingerprint density at radius 3 is 2.32 bits per heavy atom. The minimum atomic E-state index is -0.289. The molecule has 0 unspecified atom stereocenters. The molecular formula is C19H22N4O2. The minimum Gasteiger partial charge on any atom is -0.341 e. The molecule has 0 aliphatic carbocycles. The molecule has 3 rings (SSSR count). The fraction of sp³-hybridized carbons (Fsp3) is 0.368. The lowest BCUT2D eigenvalue weighted by Crippen LogP contribution is -2.26. The number of carbonyl (C=O) groups is 2. The smallest absolute Gasteiger partial charge is 0.258 e. The molecular weight excluding hydrogens is 316 g/mol. The molecule has 0 radical (unpaired) electrons. The van der Waals surface area contributed by atoms with Crippen LogP contribution >= 0.6 is 0 Å². The van der Waals surface area contributed by atoms with Gasteiger partial charge < -0.3 is 10.2 Å². The third-order valence-corrected chi connectivity index (χ3v) is 4.32. The van der Waals surface area contributed by atoms with Crippen LogP contribution in [-0.4, -0.2) is 34.7 Å². The van der Waals surface area contributed by atoms with E-state index in [1.165, 1.54) is 19.8 Å². The van der Waals surface area contributed by atoms with Gasteiger partial charge in [0.15, 0.2) is 5.78 Å². The lowest BCUT2D eigenvalue weighted by atomic mass is 10.1. The van der Waals surface area contributed by atoms with E-state index in [2.05, 4.69) is 20.2 Å². The summed E-state index contributed by atoms with van der Waals surface area (Å²) in [5.74, 6) is 0.349. The second-order valence-corrected chi connectivity index (χ2v) is 6.26. The Kier molecular flexibility index (Phi) is 5.38. The zero-order valence-corrected chi connectivity index (χ0v) is 14.4. The third kappa shape index (κ3) is 4.41. The summed E-state index contributed by atoms with van der Waals surface area (Å²) in [5.41, 5.74) is 1.53. The first-order valence-corrected chi connectivity index (χ1v) is 8.63. The van der Waals surface area contributed by atoms with Gasteiger partial charge in [0.25, 0.3) is 5.91 Å². The van der Waals surface area contributed by atoms with Gasteiger partial charge in [0.2, 0.25) is 5.95 Å². The first-order chi connectivity index (χ1) is 12.1. The third-order valence-electron chi connectivity index (χ3n) is 4.32. The highest BCUT2D eigenvalue weighted by Crippen LogP contribution is 2.16. The number of hydrogen-bond donors (Lipinski definition) is 1. The average Bonchev–Trinajstić information content (AvgIpc) is 2.91. The summed E-state index contributed by atoms with van der Waals surface area (Å²) in [6.45, 7) is 3.42. The van der Waals surface area contributed by atoms with Crippen molar-refractivity contribution in [2.75, 3.05) is 23.3 Å². The van der Waals surface area contributed by atoms with Crippen LogP contribution in [0.3, 0.4) is 0 Å². The van der Waals surface area contributed by atoms with Gasteiger partial charge in [0.05, 0.1) is 5.56 Å². The van der Waals surface area contributed by atoms with Gasteiger partial charge in [-0.3, -0.25) is 9.59 Å². The predicted octanol–water partition coefficient (Wildman–Crippen LogP) is 3.31. The van der Waals surface area contributed by atoms with Crippen molar-refractivity contribution in [1.29, 1.82) is 0 Å². The second-order valence-electron chi connectivity index (χ2n) is 6.26. The molecule has 25 heavy (non-hydrogen) atoms. The maximum Gasteiger partial charge on any atom is 0.258 e. The van der Waals surface area contributed by atoms with Crippen LogP contribution in [0.4, 0.5) is 11.6 Å². The molecule has 0 spiro atoms. The van der Waals surface area contributed by atoms with E-state index in [0.29, 0.717) is 22.8 Å². The van der Waals surface area contributed by atoms with E-state index >= 15 is 0 Å². The van der Waals surface area contributed by atoms with Crippen LogP contribution in [0.1, 0.15) is 53.3 Å². The molecule has 1 N–H and O–H groups in total. The summed E-state index contributed by atoms with van der Waals surface area (Å²) < 4.78 is 0. The molecule has 1 aliphatic heterocycles. The van der Waals surface area contributed by atoms with Crippen molar-refractivity contribution in [2.24, 2.45) is 0 Å². The second kappa shape index (κ2) is 7.88. The number of nitrogens with one attached hydrogen (secondary N) is 1.